The van der Waals surface area contributed by atoms with Gasteiger partial charge in [-0.1, -0.05) is 25.6 Å². The molecule has 0 atom stereocenters. The summed E-state index contributed by atoms with van der Waals surface area (Å²) in [4.78, 5) is 20.9. The summed E-state index contributed by atoms with van der Waals surface area (Å²) >= 11 is 1.26. The highest BCUT2D eigenvalue weighted by molar-refractivity contribution is 7.99. The molecular weight excluding hydrogens is 384 g/mol. The van der Waals surface area contributed by atoms with E-state index < -0.39 is 10.0 Å². The van der Waals surface area contributed by atoms with Gasteiger partial charge >= 0.3 is 0 Å². The molecule has 1 heterocycles. The van der Waals surface area contributed by atoms with Crippen LogP contribution in [-0.4, -0.2) is 47.4 Å². The standard InChI is InChI=1S/C18H24N4O3S2/c1-5-22(6-2)27(24,25)16-9-7-15(8-10-16)21-17(23)12-26-18-19-13(3)11-14(4)20-18/h7-11H,5-6,12H2,1-4H3,(H,21,23). The molecule has 0 unspecified atom stereocenters. The molecule has 0 fully saturated rings. The third-order valence-electron chi connectivity index (χ3n) is 3.78. The molecule has 0 aliphatic heterocycles. The number of nitrogens with one attached hydrogen (secondary N) is 1. The number of hydrogen-bond acceptors (Lipinski definition) is 6. The molecule has 1 aromatic carbocycles. The van der Waals surface area contributed by atoms with Crippen molar-refractivity contribution in [1.29, 1.82) is 0 Å². The van der Waals surface area contributed by atoms with Crippen molar-refractivity contribution in [3.8, 4) is 0 Å². The summed E-state index contributed by atoms with van der Waals surface area (Å²) in [6, 6.07) is 8.06. The van der Waals surface area contributed by atoms with Gasteiger partial charge in [-0.05, 0) is 44.2 Å². The molecule has 0 bridgehead atoms. The number of sulfonamides is 1. The van der Waals surface area contributed by atoms with Gasteiger partial charge in [-0.15, -0.1) is 0 Å². The van der Waals surface area contributed by atoms with Crippen LogP contribution in [0.4, 0.5) is 5.69 Å². The molecule has 2 aromatic rings. The van der Waals surface area contributed by atoms with Gasteiger partial charge in [0.2, 0.25) is 15.9 Å². The van der Waals surface area contributed by atoms with Crippen LogP contribution in [0.5, 0.6) is 0 Å². The number of aromatic nitrogens is 2. The van der Waals surface area contributed by atoms with Gasteiger partial charge in [0.1, 0.15) is 0 Å². The van der Waals surface area contributed by atoms with Gasteiger partial charge in [-0.3, -0.25) is 4.79 Å². The monoisotopic (exact) mass is 408 g/mol. The van der Waals surface area contributed by atoms with Gasteiger partial charge in [-0.25, -0.2) is 18.4 Å². The molecule has 0 saturated carbocycles. The van der Waals surface area contributed by atoms with E-state index in [0.29, 0.717) is 23.9 Å². The molecule has 1 aromatic heterocycles. The highest BCUT2D eigenvalue weighted by atomic mass is 32.2. The minimum absolute atomic E-state index is 0.169. The second-order valence-electron chi connectivity index (χ2n) is 5.88. The Morgan fingerprint density at radius 1 is 1.07 bits per heavy atom. The normalized spacial score (nSPS) is 11.6. The van der Waals surface area contributed by atoms with Gasteiger partial charge in [0.15, 0.2) is 5.16 Å². The number of carbonyl (C=O) groups is 1. The van der Waals surface area contributed by atoms with Crippen LogP contribution in [0.15, 0.2) is 40.4 Å². The Labute approximate surface area is 164 Å². The van der Waals surface area contributed by atoms with Crippen LogP contribution in [0.2, 0.25) is 0 Å². The molecule has 0 aliphatic rings. The zero-order valence-corrected chi connectivity index (χ0v) is 17.5. The fourth-order valence-electron chi connectivity index (χ4n) is 2.51. The van der Waals surface area contributed by atoms with Gasteiger partial charge in [0.25, 0.3) is 0 Å². The van der Waals surface area contributed by atoms with Crippen molar-refractivity contribution in [3.05, 3.63) is 41.7 Å². The molecule has 27 heavy (non-hydrogen) atoms. The Morgan fingerprint density at radius 3 is 2.15 bits per heavy atom. The fourth-order valence-corrected chi connectivity index (χ4v) is 4.72. The van der Waals surface area contributed by atoms with Gasteiger partial charge in [-0.2, -0.15) is 4.31 Å². The summed E-state index contributed by atoms with van der Waals surface area (Å²) in [7, 11) is -3.50. The molecule has 1 amide bonds. The van der Waals surface area contributed by atoms with E-state index in [1.807, 2.05) is 19.9 Å². The smallest absolute Gasteiger partial charge is 0.243 e. The minimum atomic E-state index is -3.50. The lowest BCUT2D eigenvalue weighted by Crippen LogP contribution is -2.30. The first-order valence-corrected chi connectivity index (χ1v) is 11.0. The zero-order chi connectivity index (χ0) is 20.0. The lowest BCUT2D eigenvalue weighted by atomic mass is 10.3. The Kier molecular flexibility index (Phi) is 7.34. The van der Waals surface area contributed by atoms with E-state index in [2.05, 4.69) is 15.3 Å². The van der Waals surface area contributed by atoms with Crippen LogP contribution >= 0.6 is 11.8 Å². The Hall–Kier alpha value is -1.97. The maximum absolute atomic E-state index is 12.5. The summed E-state index contributed by atoms with van der Waals surface area (Å²) in [5.41, 5.74) is 2.26. The van der Waals surface area contributed by atoms with E-state index in [1.165, 1.54) is 28.2 Å². The second kappa shape index (κ2) is 9.29. The van der Waals surface area contributed by atoms with Crippen molar-refractivity contribution < 1.29 is 13.2 Å². The van der Waals surface area contributed by atoms with Crippen LogP contribution in [0, 0.1) is 13.8 Å². The number of anilines is 1. The Balaban J connectivity index is 1.98. The molecule has 9 heteroatoms. The first-order valence-electron chi connectivity index (χ1n) is 8.61. The number of hydrogen-bond donors (Lipinski definition) is 1. The molecule has 2 rings (SSSR count). The van der Waals surface area contributed by atoms with Crippen molar-refractivity contribution in [2.45, 2.75) is 37.7 Å². The van der Waals surface area contributed by atoms with Crippen molar-refractivity contribution in [2.24, 2.45) is 0 Å². The Morgan fingerprint density at radius 2 is 1.63 bits per heavy atom. The van der Waals surface area contributed by atoms with E-state index in [-0.39, 0.29) is 16.6 Å². The lowest BCUT2D eigenvalue weighted by Gasteiger charge is -2.18. The van der Waals surface area contributed by atoms with Gasteiger partial charge < -0.3 is 5.32 Å². The summed E-state index contributed by atoms with van der Waals surface area (Å²) in [5, 5.41) is 3.31. The molecule has 1 N–H and O–H groups in total. The maximum atomic E-state index is 12.5. The van der Waals surface area contributed by atoms with Crippen LogP contribution in [-0.2, 0) is 14.8 Å². The number of carbonyl (C=O) groups excluding carboxylic acids is 1. The van der Waals surface area contributed by atoms with Crippen molar-refractivity contribution in [1.82, 2.24) is 14.3 Å². The topological polar surface area (TPSA) is 92.3 Å². The van der Waals surface area contributed by atoms with Gasteiger partial charge in [0, 0.05) is 30.2 Å². The predicted octanol–water partition coefficient (Wildman–Crippen LogP) is 2.85. The lowest BCUT2D eigenvalue weighted by molar-refractivity contribution is -0.113. The molecule has 0 radical (unpaired) electrons. The van der Waals surface area contributed by atoms with Crippen molar-refractivity contribution in [2.75, 3.05) is 24.2 Å². The van der Waals surface area contributed by atoms with E-state index in [4.69, 9.17) is 0 Å². The largest absolute Gasteiger partial charge is 0.325 e. The molecule has 7 nitrogen and oxygen atoms in total. The van der Waals surface area contributed by atoms with Crippen LogP contribution in [0.25, 0.3) is 0 Å². The van der Waals surface area contributed by atoms with E-state index in [1.54, 1.807) is 26.0 Å². The number of thioether (sulfide) groups is 1. The second-order valence-corrected chi connectivity index (χ2v) is 8.76. The molecule has 0 saturated heterocycles. The average molecular weight is 409 g/mol. The molecule has 146 valence electrons. The van der Waals surface area contributed by atoms with E-state index >= 15 is 0 Å². The number of nitrogens with zero attached hydrogens (tertiary/aromatic N) is 3. The highest BCUT2D eigenvalue weighted by Gasteiger charge is 2.21. The van der Waals surface area contributed by atoms with E-state index in [9.17, 15) is 13.2 Å². The number of aryl methyl sites for hydroxylation is 2. The van der Waals surface area contributed by atoms with Gasteiger partial charge in [0.05, 0.1) is 10.6 Å². The summed E-state index contributed by atoms with van der Waals surface area (Å²) in [6.45, 7) is 8.18. The summed E-state index contributed by atoms with van der Waals surface area (Å²) < 4.78 is 26.3. The number of benzene rings is 1. The van der Waals surface area contributed by atoms with E-state index in [0.717, 1.165) is 11.4 Å². The van der Waals surface area contributed by atoms with Crippen LogP contribution < -0.4 is 5.32 Å². The third kappa shape index (κ3) is 5.75. The number of rotatable bonds is 8. The average Bonchev–Trinajstić information content (AvgIpc) is 2.60. The molecular formula is C18H24N4O3S2. The SMILES string of the molecule is CCN(CC)S(=O)(=O)c1ccc(NC(=O)CSc2nc(C)cc(C)n2)cc1. The summed E-state index contributed by atoms with van der Waals surface area (Å²) in [5.74, 6) is -0.0373. The first-order chi connectivity index (χ1) is 12.8. The first kappa shape index (κ1) is 21.3. The fraction of sp³-hybridized carbons (Fsp3) is 0.389. The quantitative estimate of drug-likeness (QED) is 0.533. The van der Waals surface area contributed by atoms with Crippen molar-refractivity contribution in [3.63, 3.8) is 0 Å². The van der Waals surface area contributed by atoms with Crippen molar-refractivity contribution >= 4 is 33.4 Å². The molecule has 0 spiro atoms. The summed E-state index contributed by atoms with van der Waals surface area (Å²) in [6.07, 6.45) is 0. The maximum Gasteiger partial charge on any atom is 0.243 e. The highest BCUT2D eigenvalue weighted by Crippen LogP contribution is 2.19. The van der Waals surface area contributed by atoms with Crippen LogP contribution in [0.3, 0.4) is 0 Å². The Bertz CT molecular complexity index is 875. The van der Waals surface area contributed by atoms with Crippen LogP contribution in [0.1, 0.15) is 25.2 Å². The molecule has 0 aliphatic carbocycles. The third-order valence-corrected chi connectivity index (χ3v) is 6.69. The predicted molar refractivity (Wildman–Crippen MR) is 107 cm³/mol. The minimum Gasteiger partial charge on any atom is -0.325 e. The number of amides is 1. The zero-order valence-electron chi connectivity index (χ0n) is 15.9.